The number of anilines is 1. The van der Waals surface area contributed by atoms with E-state index in [1.165, 1.54) is 22.0 Å². The third kappa shape index (κ3) is 3.60. The van der Waals surface area contributed by atoms with E-state index in [0.29, 0.717) is 10.9 Å². The summed E-state index contributed by atoms with van der Waals surface area (Å²) >= 11 is 1.35. The molecule has 0 spiro atoms. The normalized spacial score (nSPS) is 14.1. The summed E-state index contributed by atoms with van der Waals surface area (Å²) < 4.78 is 7.75. The van der Waals surface area contributed by atoms with Crippen molar-refractivity contribution >= 4 is 29.2 Å². The van der Waals surface area contributed by atoms with Crippen LogP contribution < -0.4 is 11.2 Å². The van der Waals surface area contributed by atoms with Crippen LogP contribution in [0.5, 0.6) is 0 Å². The molecule has 32 heavy (non-hydrogen) atoms. The Morgan fingerprint density at radius 2 is 2.16 bits per heavy atom. The second-order valence-corrected chi connectivity index (χ2v) is 7.88. The molecule has 3 heterocycles. The molecule has 1 amide bonds. The fourth-order valence-electron chi connectivity index (χ4n) is 3.35. The molecule has 4 aromatic rings. The van der Waals surface area contributed by atoms with Gasteiger partial charge in [0.15, 0.2) is 10.9 Å². The summed E-state index contributed by atoms with van der Waals surface area (Å²) in [5, 5.41) is 28.3. The lowest BCUT2D eigenvalue weighted by atomic mass is 10.1. The molecule has 0 fully saturated rings. The maximum atomic E-state index is 13.0. The van der Waals surface area contributed by atoms with Gasteiger partial charge in [-0.1, -0.05) is 41.2 Å². The number of carbonyl (C=O) groups is 1. The number of thioether (sulfide) groups is 1. The fourth-order valence-corrected chi connectivity index (χ4v) is 4.23. The zero-order valence-electron chi connectivity index (χ0n) is 16.8. The van der Waals surface area contributed by atoms with Gasteiger partial charge in [-0.2, -0.15) is 9.78 Å². The number of nitrogen functional groups attached to an aromatic ring is 1. The highest BCUT2D eigenvalue weighted by Crippen LogP contribution is 2.25. The highest BCUT2D eigenvalue weighted by Gasteiger charge is 2.25. The van der Waals surface area contributed by atoms with Crippen LogP contribution in [-0.2, 0) is 19.2 Å². The summed E-state index contributed by atoms with van der Waals surface area (Å²) in [4.78, 5) is 13.0. The third-order valence-corrected chi connectivity index (χ3v) is 5.98. The second-order valence-electron chi connectivity index (χ2n) is 6.94. The quantitative estimate of drug-likeness (QED) is 0.315. The molecule has 3 aromatic heterocycles. The van der Waals surface area contributed by atoms with Crippen molar-refractivity contribution in [3.05, 3.63) is 53.1 Å². The first-order valence-electron chi connectivity index (χ1n) is 9.56. The third-order valence-electron chi connectivity index (χ3n) is 4.93. The van der Waals surface area contributed by atoms with Gasteiger partial charge in [0.1, 0.15) is 6.33 Å². The van der Waals surface area contributed by atoms with Gasteiger partial charge in [-0.25, -0.2) is 10.1 Å². The lowest BCUT2D eigenvalue weighted by molar-refractivity contribution is 0.0949. The molecular formula is C18H17N11O2S. The summed E-state index contributed by atoms with van der Waals surface area (Å²) in [5.41, 5.74) is 12.0. The Bertz CT molecular complexity index is 1320. The number of carbonyl (C=O) groups excluding carboxylic acids is 1. The second kappa shape index (κ2) is 8.22. The molecule has 0 aliphatic heterocycles. The Labute approximate surface area is 185 Å². The summed E-state index contributed by atoms with van der Waals surface area (Å²) in [6, 6.07) is 7.99. The van der Waals surface area contributed by atoms with Crippen LogP contribution in [0.1, 0.15) is 33.7 Å². The Kier molecular flexibility index (Phi) is 5.10. The molecule has 1 aromatic carbocycles. The molecule has 14 heteroatoms. The summed E-state index contributed by atoms with van der Waals surface area (Å²) in [6.45, 7) is 0. The molecular weight excluding hydrogens is 434 g/mol. The zero-order chi connectivity index (χ0) is 22.1. The van der Waals surface area contributed by atoms with E-state index in [-0.39, 0.29) is 23.1 Å². The Morgan fingerprint density at radius 1 is 1.28 bits per heavy atom. The molecule has 162 valence electrons. The van der Waals surface area contributed by atoms with Crippen molar-refractivity contribution in [2.75, 3.05) is 5.73 Å². The number of hydrogen-bond donors (Lipinski definition) is 2. The number of nitrogens with one attached hydrogen (secondary N) is 1. The lowest BCUT2D eigenvalue weighted by Crippen LogP contribution is -2.21. The molecule has 1 aliphatic rings. The van der Waals surface area contributed by atoms with Crippen molar-refractivity contribution < 1.29 is 9.42 Å². The summed E-state index contributed by atoms with van der Waals surface area (Å²) in [6.07, 6.45) is 3.22. The van der Waals surface area contributed by atoms with Crippen LogP contribution in [-0.4, -0.2) is 51.7 Å². The number of hydrazone groups is 1. The summed E-state index contributed by atoms with van der Waals surface area (Å²) in [5.74, 6) is -0.0546. The molecule has 0 radical (unpaired) electrons. The van der Waals surface area contributed by atoms with E-state index < -0.39 is 5.91 Å². The molecule has 0 bridgehead atoms. The number of fused-ring (bicyclic) bond motifs is 1. The van der Waals surface area contributed by atoms with Crippen molar-refractivity contribution in [1.29, 1.82) is 0 Å². The Morgan fingerprint density at radius 3 is 2.94 bits per heavy atom. The number of amides is 1. The SMILES string of the molecule is Cn1cnnc1SCc1c(C(=O)N/N=C2\CCc3ccccc32)nnn1-c1nonc1N. The van der Waals surface area contributed by atoms with Gasteiger partial charge in [-0.3, -0.25) is 4.79 Å². The fraction of sp³-hybridized carbons (Fsp3) is 0.222. The van der Waals surface area contributed by atoms with Gasteiger partial charge in [0, 0.05) is 18.4 Å². The van der Waals surface area contributed by atoms with Gasteiger partial charge >= 0.3 is 0 Å². The molecule has 0 atom stereocenters. The van der Waals surface area contributed by atoms with E-state index in [4.69, 9.17) is 5.73 Å². The van der Waals surface area contributed by atoms with Gasteiger partial charge < -0.3 is 10.3 Å². The lowest BCUT2D eigenvalue weighted by Gasteiger charge is -2.06. The van der Waals surface area contributed by atoms with Gasteiger partial charge in [0.2, 0.25) is 11.6 Å². The maximum Gasteiger partial charge on any atom is 0.293 e. The number of nitrogens with zero attached hydrogens (tertiary/aromatic N) is 9. The molecule has 13 nitrogen and oxygen atoms in total. The first kappa shape index (κ1) is 19.9. The van der Waals surface area contributed by atoms with E-state index in [9.17, 15) is 4.79 Å². The average Bonchev–Trinajstić information content (AvgIpc) is 3.57. The van der Waals surface area contributed by atoms with Crippen LogP contribution in [0.4, 0.5) is 5.82 Å². The zero-order valence-corrected chi connectivity index (χ0v) is 17.7. The van der Waals surface area contributed by atoms with Crippen molar-refractivity contribution in [2.24, 2.45) is 12.1 Å². The first-order valence-corrected chi connectivity index (χ1v) is 10.6. The minimum atomic E-state index is -0.503. The van der Waals surface area contributed by atoms with E-state index in [1.807, 2.05) is 25.2 Å². The molecule has 0 unspecified atom stereocenters. The van der Waals surface area contributed by atoms with E-state index in [0.717, 1.165) is 24.1 Å². The number of rotatable bonds is 6. The predicted octanol–water partition coefficient (Wildman–Crippen LogP) is 0.734. The number of aromatic nitrogens is 8. The first-order chi connectivity index (χ1) is 15.6. The van der Waals surface area contributed by atoms with Crippen LogP contribution in [0.2, 0.25) is 0 Å². The van der Waals surface area contributed by atoms with Gasteiger partial charge in [0.05, 0.1) is 11.4 Å². The van der Waals surface area contributed by atoms with Gasteiger partial charge in [-0.05, 0) is 28.7 Å². The Hall–Kier alpha value is -4.07. The van der Waals surface area contributed by atoms with Gasteiger partial charge in [-0.15, -0.1) is 15.3 Å². The van der Waals surface area contributed by atoms with Crippen LogP contribution in [0.25, 0.3) is 5.82 Å². The largest absolute Gasteiger partial charge is 0.378 e. The number of hydrogen-bond acceptors (Lipinski definition) is 11. The maximum absolute atomic E-state index is 13.0. The monoisotopic (exact) mass is 451 g/mol. The van der Waals surface area contributed by atoms with Crippen LogP contribution in [0.3, 0.4) is 0 Å². The number of nitrogens with two attached hydrogens (primary N) is 1. The molecule has 0 saturated carbocycles. The standard InChI is InChI=1S/C18H17N11O2S/c1-28-9-20-24-18(28)32-8-13-14(22-27-29(13)16-15(19)25-31-26-16)17(30)23-21-12-7-6-10-4-2-3-5-11(10)12/h2-5,9H,6-8H2,1H3,(H2,19,25)(H,23,30)/b21-12+. The minimum absolute atomic E-state index is 0.0228. The minimum Gasteiger partial charge on any atom is -0.378 e. The van der Waals surface area contributed by atoms with Crippen molar-refractivity contribution in [3.63, 3.8) is 0 Å². The van der Waals surface area contributed by atoms with E-state index in [2.05, 4.69) is 52.0 Å². The Balaban J connectivity index is 1.43. The van der Waals surface area contributed by atoms with Crippen LogP contribution in [0.15, 0.2) is 45.5 Å². The van der Waals surface area contributed by atoms with Gasteiger partial charge in [0.25, 0.3) is 5.91 Å². The molecule has 0 saturated heterocycles. The van der Waals surface area contributed by atoms with Crippen molar-refractivity contribution in [3.8, 4) is 5.82 Å². The van der Waals surface area contributed by atoms with E-state index in [1.54, 1.807) is 10.9 Å². The molecule has 5 rings (SSSR count). The van der Waals surface area contributed by atoms with Crippen molar-refractivity contribution in [1.82, 2.24) is 45.5 Å². The number of aryl methyl sites for hydroxylation is 2. The highest BCUT2D eigenvalue weighted by atomic mass is 32.2. The smallest absolute Gasteiger partial charge is 0.293 e. The summed E-state index contributed by atoms with van der Waals surface area (Å²) in [7, 11) is 1.82. The van der Waals surface area contributed by atoms with Crippen LogP contribution in [0, 0.1) is 0 Å². The van der Waals surface area contributed by atoms with Crippen molar-refractivity contribution in [2.45, 2.75) is 23.8 Å². The van der Waals surface area contributed by atoms with E-state index >= 15 is 0 Å². The van der Waals surface area contributed by atoms with Crippen LogP contribution >= 0.6 is 11.8 Å². The average molecular weight is 451 g/mol. The molecule has 3 N–H and O–H groups in total. The number of benzene rings is 1. The highest BCUT2D eigenvalue weighted by molar-refractivity contribution is 7.98. The predicted molar refractivity (Wildman–Crippen MR) is 113 cm³/mol. The molecule has 1 aliphatic carbocycles. The topological polar surface area (TPSA) is 168 Å².